The van der Waals surface area contributed by atoms with Gasteiger partial charge in [-0.3, -0.25) is 4.79 Å². The molecule has 0 saturated carbocycles. The molecule has 7 heteroatoms. The molecular weight excluding hydrogens is 349 g/mol. The Hall–Kier alpha value is -1.27. The number of hydrogen-bond donors (Lipinski definition) is 1. The molecule has 0 bridgehead atoms. The highest BCUT2D eigenvalue weighted by molar-refractivity contribution is 8.26. The molecule has 1 aromatic heterocycles. The number of rotatable bonds is 2. The number of carbonyl (C=O) groups excluding carboxylic acids is 1. The smallest absolute Gasteiger partial charge is 0.263 e. The molecule has 3 nitrogen and oxygen atoms in total. The number of thiocarbonyl (C=S) groups is 1. The van der Waals surface area contributed by atoms with Gasteiger partial charge in [0.15, 0.2) is 0 Å². The van der Waals surface area contributed by atoms with Crippen molar-refractivity contribution in [3.05, 3.63) is 51.0 Å². The molecule has 106 valence electrons. The molecule has 1 aliphatic rings. The summed E-state index contributed by atoms with van der Waals surface area (Å²) < 4.78 is 6.14. The van der Waals surface area contributed by atoms with Crippen LogP contribution in [-0.4, -0.2) is 10.2 Å². The van der Waals surface area contributed by atoms with Crippen molar-refractivity contribution in [3.8, 4) is 11.3 Å². The SMILES string of the molecule is O=C1NC(=S)SC1=Cc1ccc(-c2cc(Cl)cc(Cl)c2)o1. The third kappa shape index (κ3) is 3.32. The number of amides is 1. The number of carbonyl (C=O) groups is 1. The van der Waals surface area contributed by atoms with Crippen molar-refractivity contribution in [2.24, 2.45) is 0 Å². The molecular formula is C14H7Cl2NO2S2. The van der Waals surface area contributed by atoms with E-state index in [0.29, 0.717) is 30.8 Å². The lowest BCUT2D eigenvalue weighted by atomic mass is 10.2. The first-order chi connectivity index (χ1) is 10.0. The molecule has 1 fully saturated rings. The maximum absolute atomic E-state index is 11.6. The van der Waals surface area contributed by atoms with E-state index in [2.05, 4.69) is 5.32 Å². The van der Waals surface area contributed by atoms with Gasteiger partial charge in [-0.05, 0) is 30.3 Å². The molecule has 21 heavy (non-hydrogen) atoms. The molecule has 1 amide bonds. The van der Waals surface area contributed by atoms with Gasteiger partial charge in [-0.2, -0.15) is 0 Å². The molecule has 0 aliphatic carbocycles. The highest BCUT2D eigenvalue weighted by atomic mass is 35.5. The first-order valence-corrected chi connectivity index (χ1v) is 7.80. The van der Waals surface area contributed by atoms with Crippen molar-refractivity contribution in [1.82, 2.24) is 5.32 Å². The molecule has 0 spiro atoms. The van der Waals surface area contributed by atoms with Crippen LogP contribution in [0.25, 0.3) is 17.4 Å². The zero-order valence-electron chi connectivity index (χ0n) is 10.4. The number of nitrogens with one attached hydrogen (secondary N) is 1. The Balaban J connectivity index is 1.92. The lowest BCUT2D eigenvalue weighted by molar-refractivity contribution is -0.115. The van der Waals surface area contributed by atoms with E-state index >= 15 is 0 Å². The predicted octanol–water partition coefficient (Wildman–Crippen LogP) is 4.74. The highest BCUT2D eigenvalue weighted by Crippen LogP contribution is 2.31. The standard InChI is InChI=1S/C14H7Cl2NO2S2/c15-8-3-7(4-9(16)5-8)11-2-1-10(19-11)6-12-13(18)17-14(20)21-12/h1-6H,(H,17,18,20). The summed E-state index contributed by atoms with van der Waals surface area (Å²) in [5, 5.41) is 3.62. The van der Waals surface area contributed by atoms with Crippen LogP contribution in [0.3, 0.4) is 0 Å². The van der Waals surface area contributed by atoms with Gasteiger partial charge in [0.2, 0.25) is 0 Å². The first kappa shape index (κ1) is 14.7. The number of benzene rings is 1. The molecule has 1 aliphatic heterocycles. The molecule has 2 heterocycles. The second-order valence-electron chi connectivity index (χ2n) is 4.21. The van der Waals surface area contributed by atoms with Crippen LogP contribution in [0.15, 0.2) is 39.7 Å². The van der Waals surface area contributed by atoms with Gasteiger partial charge < -0.3 is 9.73 Å². The monoisotopic (exact) mass is 355 g/mol. The summed E-state index contributed by atoms with van der Waals surface area (Å²) in [6, 6.07) is 8.74. The Bertz CT molecular complexity index is 763. The zero-order chi connectivity index (χ0) is 15.0. The highest BCUT2D eigenvalue weighted by Gasteiger charge is 2.22. The van der Waals surface area contributed by atoms with Crippen LogP contribution in [0.2, 0.25) is 10.0 Å². The van der Waals surface area contributed by atoms with Crippen molar-refractivity contribution in [3.63, 3.8) is 0 Å². The molecule has 2 aromatic rings. The molecule has 3 rings (SSSR count). The number of hydrogen-bond acceptors (Lipinski definition) is 4. The van der Waals surface area contributed by atoms with Crippen LogP contribution in [-0.2, 0) is 4.79 Å². The fraction of sp³-hybridized carbons (Fsp3) is 0. The second-order valence-corrected chi connectivity index (χ2v) is 6.80. The minimum atomic E-state index is -0.214. The van der Waals surface area contributed by atoms with E-state index in [1.165, 1.54) is 11.8 Å². The summed E-state index contributed by atoms with van der Waals surface area (Å²) in [5.74, 6) is 0.967. The molecule has 1 N–H and O–H groups in total. The summed E-state index contributed by atoms with van der Waals surface area (Å²) in [6.45, 7) is 0. The lowest BCUT2D eigenvalue weighted by Crippen LogP contribution is -2.17. The van der Waals surface area contributed by atoms with Crippen LogP contribution in [0.5, 0.6) is 0 Å². The van der Waals surface area contributed by atoms with E-state index in [4.69, 9.17) is 39.8 Å². The van der Waals surface area contributed by atoms with Gasteiger partial charge in [0.05, 0.1) is 4.91 Å². The van der Waals surface area contributed by atoms with Gasteiger partial charge in [-0.25, -0.2) is 0 Å². The maximum atomic E-state index is 11.6. The van der Waals surface area contributed by atoms with Gasteiger partial charge in [-0.15, -0.1) is 0 Å². The van der Waals surface area contributed by atoms with Gasteiger partial charge in [0.1, 0.15) is 15.8 Å². The average Bonchev–Trinajstić information content (AvgIpc) is 2.96. The van der Waals surface area contributed by atoms with E-state index in [0.717, 1.165) is 5.56 Å². The lowest BCUT2D eigenvalue weighted by Gasteiger charge is -1.99. The van der Waals surface area contributed by atoms with Gasteiger partial charge in [-0.1, -0.05) is 47.2 Å². The summed E-state index contributed by atoms with van der Waals surface area (Å²) >= 11 is 18.1. The van der Waals surface area contributed by atoms with E-state index in [-0.39, 0.29) is 5.91 Å². The summed E-state index contributed by atoms with van der Waals surface area (Å²) in [6.07, 6.45) is 1.65. The van der Waals surface area contributed by atoms with Crippen molar-refractivity contribution in [2.45, 2.75) is 0 Å². The molecule has 1 saturated heterocycles. The van der Waals surface area contributed by atoms with Crippen molar-refractivity contribution in [2.75, 3.05) is 0 Å². The van der Waals surface area contributed by atoms with Gasteiger partial charge in [0.25, 0.3) is 5.91 Å². The minimum Gasteiger partial charge on any atom is -0.457 e. The van der Waals surface area contributed by atoms with E-state index in [9.17, 15) is 4.79 Å². The number of halogens is 2. The number of furan rings is 1. The molecule has 0 radical (unpaired) electrons. The maximum Gasteiger partial charge on any atom is 0.263 e. The van der Waals surface area contributed by atoms with Crippen molar-refractivity contribution >= 4 is 63.5 Å². The van der Waals surface area contributed by atoms with E-state index in [1.807, 2.05) is 0 Å². The molecule has 0 unspecified atom stereocenters. The predicted molar refractivity (Wildman–Crippen MR) is 90.5 cm³/mol. The topological polar surface area (TPSA) is 42.2 Å². The van der Waals surface area contributed by atoms with Crippen molar-refractivity contribution < 1.29 is 9.21 Å². The summed E-state index contributed by atoms with van der Waals surface area (Å²) in [5.41, 5.74) is 0.774. The second kappa shape index (κ2) is 5.85. The Morgan fingerprint density at radius 1 is 1.19 bits per heavy atom. The third-order valence-electron chi connectivity index (χ3n) is 2.69. The fourth-order valence-corrected chi connectivity index (χ4v) is 3.38. The molecule has 0 atom stereocenters. The van der Waals surface area contributed by atoms with E-state index < -0.39 is 0 Å². The third-order valence-corrected chi connectivity index (χ3v) is 4.29. The normalized spacial score (nSPS) is 16.6. The van der Waals surface area contributed by atoms with Crippen LogP contribution >= 0.6 is 47.2 Å². The van der Waals surface area contributed by atoms with Crippen LogP contribution in [0.4, 0.5) is 0 Å². The Morgan fingerprint density at radius 2 is 1.90 bits per heavy atom. The fourth-order valence-electron chi connectivity index (χ4n) is 1.83. The Labute approximate surface area is 140 Å². The average molecular weight is 356 g/mol. The molecule has 1 aromatic carbocycles. The first-order valence-electron chi connectivity index (χ1n) is 5.82. The van der Waals surface area contributed by atoms with Gasteiger partial charge in [0, 0.05) is 21.7 Å². The number of thioether (sulfide) groups is 1. The largest absolute Gasteiger partial charge is 0.457 e. The minimum absolute atomic E-state index is 0.214. The summed E-state index contributed by atoms with van der Waals surface area (Å²) in [7, 11) is 0. The van der Waals surface area contributed by atoms with Gasteiger partial charge >= 0.3 is 0 Å². The van der Waals surface area contributed by atoms with Crippen LogP contribution < -0.4 is 5.32 Å². The van der Waals surface area contributed by atoms with Crippen molar-refractivity contribution in [1.29, 1.82) is 0 Å². The van der Waals surface area contributed by atoms with E-state index in [1.54, 1.807) is 36.4 Å². The summed E-state index contributed by atoms with van der Waals surface area (Å²) in [4.78, 5) is 12.1. The zero-order valence-corrected chi connectivity index (χ0v) is 13.5. The van der Waals surface area contributed by atoms with Crippen LogP contribution in [0.1, 0.15) is 5.76 Å². The quantitative estimate of drug-likeness (QED) is 0.623. The van der Waals surface area contributed by atoms with Crippen LogP contribution in [0, 0.1) is 0 Å². The Kier molecular flexibility index (Phi) is 4.08. The Morgan fingerprint density at radius 3 is 2.52 bits per heavy atom.